The van der Waals surface area contributed by atoms with E-state index in [0.29, 0.717) is 23.9 Å². The number of pyridine rings is 1. The van der Waals surface area contributed by atoms with E-state index in [9.17, 15) is 0 Å². The first-order valence-electron chi connectivity index (χ1n) is 6.85. The van der Waals surface area contributed by atoms with Gasteiger partial charge in [0.2, 0.25) is 0 Å². The SMILES string of the molecule is CCOc1ccc(NCc2cn3ccccc3n2)cc1Cl. The van der Waals surface area contributed by atoms with E-state index in [0.717, 1.165) is 17.0 Å². The molecule has 2 heterocycles. The maximum Gasteiger partial charge on any atom is 0.138 e. The molecular weight excluding hydrogens is 286 g/mol. The topological polar surface area (TPSA) is 38.6 Å². The summed E-state index contributed by atoms with van der Waals surface area (Å²) >= 11 is 6.17. The predicted molar refractivity (Wildman–Crippen MR) is 85.1 cm³/mol. The Kier molecular flexibility index (Phi) is 3.97. The first-order valence-corrected chi connectivity index (χ1v) is 7.23. The van der Waals surface area contributed by atoms with E-state index in [2.05, 4.69) is 10.3 Å². The Morgan fingerprint density at radius 3 is 2.95 bits per heavy atom. The summed E-state index contributed by atoms with van der Waals surface area (Å²) in [5.74, 6) is 0.706. The van der Waals surface area contributed by atoms with E-state index in [1.54, 1.807) is 0 Å². The highest BCUT2D eigenvalue weighted by atomic mass is 35.5. The number of ether oxygens (including phenoxy) is 1. The lowest BCUT2D eigenvalue weighted by Crippen LogP contribution is -2.00. The monoisotopic (exact) mass is 301 g/mol. The van der Waals surface area contributed by atoms with Crippen molar-refractivity contribution in [2.75, 3.05) is 11.9 Å². The second-order valence-corrected chi connectivity index (χ2v) is 5.04. The van der Waals surface area contributed by atoms with Gasteiger partial charge in [-0.2, -0.15) is 0 Å². The molecule has 0 saturated carbocycles. The summed E-state index contributed by atoms with van der Waals surface area (Å²) in [5.41, 5.74) is 2.87. The number of nitrogens with zero attached hydrogens (tertiary/aromatic N) is 2. The number of nitrogens with one attached hydrogen (secondary N) is 1. The minimum Gasteiger partial charge on any atom is -0.492 e. The quantitative estimate of drug-likeness (QED) is 0.774. The van der Waals surface area contributed by atoms with Crippen LogP contribution in [0, 0.1) is 0 Å². The number of rotatable bonds is 5. The van der Waals surface area contributed by atoms with E-state index >= 15 is 0 Å². The zero-order valence-electron chi connectivity index (χ0n) is 11.7. The molecule has 2 aromatic heterocycles. The molecule has 1 aromatic carbocycles. The van der Waals surface area contributed by atoms with E-state index in [4.69, 9.17) is 16.3 Å². The number of aromatic nitrogens is 2. The molecule has 0 saturated heterocycles. The molecule has 0 atom stereocenters. The highest BCUT2D eigenvalue weighted by Crippen LogP contribution is 2.27. The fourth-order valence-electron chi connectivity index (χ4n) is 2.15. The van der Waals surface area contributed by atoms with E-state index in [1.165, 1.54) is 0 Å². The standard InChI is InChI=1S/C16H16ClN3O/c1-2-21-15-7-6-12(9-14(15)17)18-10-13-11-20-8-4-3-5-16(20)19-13/h3-9,11,18H,2,10H2,1H3. The third-order valence-electron chi connectivity index (χ3n) is 3.12. The Morgan fingerprint density at radius 1 is 1.29 bits per heavy atom. The summed E-state index contributed by atoms with van der Waals surface area (Å²) in [4.78, 5) is 4.54. The molecule has 0 aliphatic rings. The second kappa shape index (κ2) is 6.06. The summed E-state index contributed by atoms with van der Waals surface area (Å²) in [5, 5.41) is 3.92. The smallest absolute Gasteiger partial charge is 0.138 e. The molecule has 0 radical (unpaired) electrons. The number of hydrogen-bond donors (Lipinski definition) is 1. The average molecular weight is 302 g/mol. The van der Waals surface area contributed by atoms with Crippen molar-refractivity contribution >= 4 is 22.9 Å². The van der Waals surface area contributed by atoms with Gasteiger partial charge in [0, 0.05) is 18.1 Å². The van der Waals surface area contributed by atoms with Crippen molar-refractivity contribution in [3.8, 4) is 5.75 Å². The van der Waals surface area contributed by atoms with E-state index < -0.39 is 0 Å². The van der Waals surface area contributed by atoms with Crippen LogP contribution in [0.1, 0.15) is 12.6 Å². The van der Waals surface area contributed by atoms with Crippen LogP contribution in [0.2, 0.25) is 5.02 Å². The first kappa shape index (κ1) is 13.8. The molecule has 1 N–H and O–H groups in total. The summed E-state index contributed by atoms with van der Waals surface area (Å²) < 4.78 is 7.42. The number of halogens is 1. The van der Waals surface area contributed by atoms with Gasteiger partial charge in [-0.25, -0.2) is 4.98 Å². The van der Waals surface area contributed by atoms with Crippen molar-refractivity contribution in [3.63, 3.8) is 0 Å². The van der Waals surface area contributed by atoms with Crippen molar-refractivity contribution in [2.45, 2.75) is 13.5 Å². The fourth-order valence-corrected chi connectivity index (χ4v) is 2.38. The van der Waals surface area contributed by atoms with Gasteiger partial charge in [0.15, 0.2) is 0 Å². The van der Waals surface area contributed by atoms with Crippen molar-refractivity contribution < 1.29 is 4.74 Å². The maximum atomic E-state index is 6.17. The molecule has 0 aliphatic heterocycles. The van der Waals surface area contributed by atoms with Crippen LogP contribution < -0.4 is 10.1 Å². The molecule has 3 rings (SSSR count). The van der Waals surface area contributed by atoms with Crippen LogP contribution in [0.3, 0.4) is 0 Å². The Morgan fingerprint density at radius 2 is 2.19 bits per heavy atom. The van der Waals surface area contributed by atoms with Crippen LogP contribution in [0.25, 0.3) is 5.65 Å². The van der Waals surface area contributed by atoms with Crippen LogP contribution in [0.15, 0.2) is 48.8 Å². The molecule has 0 unspecified atom stereocenters. The molecule has 0 spiro atoms. The Hall–Kier alpha value is -2.20. The van der Waals surface area contributed by atoms with Crippen molar-refractivity contribution in [1.82, 2.24) is 9.38 Å². The zero-order valence-corrected chi connectivity index (χ0v) is 12.5. The molecule has 5 heteroatoms. The summed E-state index contributed by atoms with van der Waals surface area (Å²) in [6, 6.07) is 11.6. The molecule has 3 aromatic rings. The number of imidazole rings is 1. The minimum atomic E-state index is 0.605. The average Bonchev–Trinajstić information content (AvgIpc) is 2.90. The van der Waals surface area contributed by atoms with Crippen molar-refractivity contribution in [1.29, 1.82) is 0 Å². The van der Waals surface area contributed by atoms with Gasteiger partial charge in [-0.1, -0.05) is 17.7 Å². The predicted octanol–water partition coefficient (Wildman–Crippen LogP) is 4.00. The summed E-state index contributed by atoms with van der Waals surface area (Å²) in [7, 11) is 0. The zero-order chi connectivity index (χ0) is 14.7. The molecule has 4 nitrogen and oxygen atoms in total. The van der Waals surface area contributed by atoms with Crippen molar-refractivity contribution in [3.05, 3.63) is 59.5 Å². The maximum absolute atomic E-state index is 6.17. The van der Waals surface area contributed by atoms with Gasteiger partial charge >= 0.3 is 0 Å². The van der Waals surface area contributed by atoms with Gasteiger partial charge in [0.05, 0.1) is 23.9 Å². The summed E-state index contributed by atoms with van der Waals surface area (Å²) in [6.07, 6.45) is 4.00. The van der Waals surface area contributed by atoms with Crippen LogP contribution in [0.4, 0.5) is 5.69 Å². The largest absolute Gasteiger partial charge is 0.492 e. The van der Waals surface area contributed by atoms with Crippen LogP contribution in [0.5, 0.6) is 5.75 Å². The number of anilines is 1. The highest BCUT2D eigenvalue weighted by molar-refractivity contribution is 6.32. The molecule has 0 aliphatic carbocycles. The number of hydrogen-bond acceptors (Lipinski definition) is 3. The van der Waals surface area contributed by atoms with E-state index in [-0.39, 0.29) is 0 Å². The van der Waals surface area contributed by atoms with Gasteiger partial charge in [-0.15, -0.1) is 0 Å². The molecular formula is C16H16ClN3O. The lowest BCUT2D eigenvalue weighted by Gasteiger charge is -2.09. The molecule has 21 heavy (non-hydrogen) atoms. The normalized spacial score (nSPS) is 10.8. The number of fused-ring (bicyclic) bond motifs is 1. The number of benzene rings is 1. The third-order valence-corrected chi connectivity index (χ3v) is 3.41. The molecule has 0 bridgehead atoms. The van der Waals surface area contributed by atoms with Gasteiger partial charge in [-0.05, 0) is 37.3 Å². The van der Waals surface area contributed by atoms with Crippen LogP contribution in [-0.4, -0.2) is 16.0 Å². The van der Waals surface area contributed by atoms with Gasteiger partial charge in [0.25, 0.3) is 0 Å². The Labute approximate surface area is 128 Å². The first-order chi connectivity index (χ1) is 10.3. The highest BCUT2D eigenvalue weighted by Gasteiger charge is 2.04. The van der Waals surface area contributed by atoms with E-state index in [1.807, 2.05) is 60.1 Å². The van der Waals surface area contributed by atoms with Gasteiger partial charge in [0.1, 0.15) is 11.4 Å². The summed E-state index contributed by atoms with van der Waals surface area (Å²) in [6.45, 7) is 3.19. The lowest BCUT2D eigenvalue weighted by atomic mass is 10.3. The van der Waals surface area contributed by atoms with Gasteiger partial charge < -0.3 is 14.5 Å². The van der Waals surface area contributed by atoms with Gasteiger partial charge in [-0.3, -0.25) is 0 Å². The lowest BCUT2D eigenvalue weighted by molar-refractivity contribution is 0.340. The molecule has 0 fully saturated rings. The molecule has 0 amide bonds. The van der Waals surface area contributed by atoms with Crippen molar-refractivity contribution in [2.24, 2.45) is 0 Å². The van der Waals surface area contributed by atoms with Crippen LogP contribution in [-0.2, 0) is 6.54 Å². The second-order valence-electron chi connectivity index (χ2n) is 4.63. The van der Waals surface area contributed by atoms with Crippen LogP contribution >= 0.6 is 11.6 Å². The third kappa shape index (κ3) is 3.11. The Bertz CT molecular complexity index is 721. The fraction of sp³-hybridized carbons (Fsp3) is 0.188. The molecule has 108 valence electrons. The minimum absolute atomic E-state index is 0.605. The Balaban J connectivity index is 1.70.